The predicted molar refractivity (Wildman–Crippen MR) is 91.5 cm³/mol. The first-order valence-electron chi connectivity index (χ1n) is 7.54. The molecule has 4 nitrogen and oxygen atoms in total. The Hall–Kier alpha value is -2.36. The van der Waals surface area contributed by atoms with Crippen LogP contribution in [-0.4, -0.2) is 10.9 Å². The number of benzene rings is 1. The fourth-order valence-corrected chi connectivity index (χ4v) is 2.09. The summed E-state index contributed by atoms with van der Waals surface area (Å²) in [5, 5.41) is 6.11. The van der Waals surface area contributed by atoms with E-state index in [1.54, 1.807) is 6.20 Å². The zero-order valence-electron chi connectivity index (χ0n) is 13.6. The van der Waals surface area contributed by atoms with E-state index in [9.17, 15) is 4.79 Å². The maximum Gasteiger partial charge on any atom is 0.224 e. The molecule has 0 fully saturated rings. The second-order valence-corrected chi connectivity index (χ2v) is 6.00. The van der Waals surface area contributed by atoms with Crippen LogP contribution in [0, 0.1) is 19.8 Å². The third kappa shape index (κ3) is 4.58. The number of aromatic nitrogens is 1. The molecule has 0 atom stereocenters. The van der Waals surface area contributed by atoms with Crippen LogP contribution in [0.25, 0.3) is 0 Å². The Labute approximate surface area is 132 Å². The minimum Gasteiger partial charge on any atom is -0.340 e. The molecule has 0 saturated heterocycles. The lowest BCUT2D eigenvalue weighted by Crippen LogP contribution is -2.13. The van der Waals surface area contributed by atoms with E-state index in [2.05, 4.69) is 41.6 Å². The van der Waals surface area contributed by atoms with Gasteiger partial charge in [-0.2, -0.15) is 0 Å². The highest BCUT2D eigenvalue weighted by molar-refractivity contribution is 5.90. The van der Waals surface area contributed by atoms with Crippen LogP contribution in [0.1, 0.15) is 31.4 Å². The average molecular weight is 297 g/mol. The first-order valence-corrected chi connectivity index (χ1v) is 7.54. The Bertz CT molecular complexity index is 648. The summed E-state index contributed by atoms with van der Waals surface area (Å²) >= 11 is 0. The molecule has 0 unspecified atom stereocenters. The lowest BCUT2D eigenvalue weighted by Gasteiger charge is -2.10. The van der Waals surface area contributed by atoms with Crippen molar-refractivity contribution in [1.29, 1.82) is 0 Å². The molecule has 0 aliphatic carbocycles. The Morgan fingerprint density at radius 1 is 1.09 bits per heavy atom. The van der Waals surface area contributed by atoms with Crippen molar-refractivity contribution in [1.82, 2.24) is 4.98 Å². The molecule has 4 heteroatoms. The van der Waals surface area contributed by atoms with Crippen molar-refractivity contribution >= 4 is 23.1 Å². The van der Waals surface area contributed by atoms with Gasteiger partial charge in [-0.15, -0.1) is 0 Å². The van der Waals surface area contributed by atoms with E-state index in [0.29, 0.717) is 12.3 Å². The van der Waals surface area contributed by atoms with Gasteiger partial charge >= 0.3 is 0 Å². The molecule has 1 aromatic carbocycles. The van der Waals surface area contributed by atoms with Crippen LogP contribution in [-0.2, 0) is 4.79 Å². The maximum absolute atomic E-state index is 11.7. The number of hydrogen-bond acceptors (Lipinski definition) is 3. The van der Waals surface area contributed by atoms with Gasteiger partial charge in [0.1, 0.15) is 5.82 Å². The number of aryl methyl sites for hydroxylation is 2. The highest BCUT2D eigenvalue weighted by Crippen LogP contribution is 2.19. The largest absolute Gasteiger partial charge is 0.340 e. The minimum atomic E-state index is 0.0201. The normalized spacial score (nSPS) is 10.6. The summed E-state index contributed by atoms with van der Waals surface area (Å²) in [6.07, 6.45) is 2.18. The number of carbonyl (C=O) groups excluding carboxylic acids is 1. The predicted octanol–water partition coefficient (Wildman–Crippen LogP) is 4.43. The molecule has 1 amide bonds. The molecule has 1 heterocycles. The molecular formula is C18H23N3O. The topological polar surface area (TPSA) is 54.0 Å². The van der Waals surface area contributed by atoms with E-state index in [1.807, 2.05) is 32.0 Å². The quantitative estimate of drug-likeness (QED) is 0.858. The number of nitrogens with one attached hydrogen (secondary N) is 2. The lowest BCUT2D eigenvalue weighted by atomic mass is 10.1. The molecule has 22 heavy (non-hydrogen) atoms. The number of hydrogen-bond donors (Lipinski definition) is 2. The standard InChI is InChI=1S/C18H23N3O/c1-12(2)9-18(22)21-16-7-8-17(19-11-16)20-15-6-5-13(3)14(4)10-15/h5-8,10-12H,9H2,1-4H3,(H,19,20)(H,21,22). The number of nitrogens with zero attached hydrogens (tertiary/aromatic N) is 1. The van der Waals surface area contributed by atoms with Crippen LogP contribution >= 0.6 is 0 Å². The zero-order valence-corrected chi connectivity index (χ0v) is 13.6. The Morgan fingerprint density at radius 3 is 2.41 bits per heavy atom. The third-order valence-corrected chi connectivity index (χ3v) is 3.42. The molecule has 2 rings (SSSR count). The molecular weight excluding hydrogens is 274 g/mol. The molecule has 116 valence electrons. The molecule has 2 aromatic rings. The number of amides is 1. The van der Waals surface area contributed by atoms with E-state index >= 15 is 0 Å². The summed E-state index contributed by atoms with van der Waals surface area (Å²) in [6, 6.07) is 9.92. The van der Waals surface area contributed by atoms with Crippen LogP contribution in [0.4, 0.5) is 17.2 Å². The van der Waals surface area contributed by atoms with E-state index in [1.165, 1.54) is 11.1 Å². The highest BCUT2D eigenvalue weighted by atomic mass is 16.1. The van der Waals surface area contributed by atoms with E-state index in [4.69, 9.17) is 0 Å². The number of anilines is 3. The lowest BCUT2D eigenvalue weighted by molar-refractivity contribution is -0.116. The van der Waals surface area contributed by atoms with Crippen molar-refractivity contribution in [2.24, 2.45) is 5.92 Å². The molecule has 0 aliphatic heterocycles. The van der Waals surface area contributed by atoms with Gasteiger partial charge in [0, 0.05) is 12.1 Å². The molecule has 0 saturated carbocycles. The summed E-state index contributed by atoms with van der Waals surface area (Å²) in [5.41, 5.74) is 4.23. The van der Waals surface area contributed by atoms with Gasteiger partial charge in [0.15, 0.2) is 0 Å². The first kappa shape index (κ1) is 16.0. The van der Waals surface area contributed by atoms with Gasteiger partial charge in [-0.3, -0.25) is 4.79 Å². The van der Waals surface area contributed by atoms with Gasteiger partial charge in [0.25, 0.3) is 0 Å². The van der Waals surface area contributed by atoms with E-state index in [-0.39, 0.29) is 5.91 Å². The van der Waals surface area contributed by atoms with Crippen LogP contribution < -0.4 is 10.6 Å². The van der Waals surface area contributed by atoms with Crippen LogP contribution in [0.15, 0.2) is 36.5 Å². The van der Waals surface area contributed by atoms with Crippen LogP contribution in [0.5, 0.6) is 0 Å². The summed E-state index contributed by atoms with van der Waals surface area (Å²) in [7, 11) is 0. The monoisotopic (exact) mass is 297 g/mol. The second kappa shape index (κ2) is 7.07. The summed E-state index contributed by atoms with van der Waals surface area (Å²) in [4.78, 5) is 16.0. The maximum atomic E-state index is 11.7. The molecule has 0 bridgehead atoms. The van der Waals surface area contributed by atoms with Crippen LogP contribution in [0.2, 0.25) is 0 Å². The fourth-order valence-electron chi connectivity index (χ4n) is 2.09. The van der Waals surface area contributed by atoms with Crippen molar-refractivity contribution in [2.45, 2.75) is 34.1 Å². The van der Waals surface area contributed by atoms with Crippen molar-refractivity contribution in [3.63, 3.8) is 0 Å². The van der Waals surface area contributed by atoms with Crippen molar-refractivity contribution in [2.75, 3.05) is 10.6 Å². The first-order chi connectivity index (χ1) is 10.4. The van der Waals surface area contributed by atoms with Gasteiger partial charge in [-0.1, -0.05) is 19.9 Å². The Kier molecular flexibility index (Phi) is 5.15. The molecule has 0 aliphatic rings. The molecule has 1 aromatic heterocycles. The van der Waals surface area contributed by atoms with Gasteiger partial charge in [0.05, 0.1) is 11.9 Å². The van der Waals surface area contributed by atoms with Crippen molar-refractivity contribution < 1.29 is 4.79 Å². The Balaban J connectivity index is 1.99. The summed E-state index contributed by atoms with van der Waals surface area (Å²) in [5.74, 6) is 1.12. The van der Waals surface area contributed by atoms with Gasteiger partial charge in [-0.05, 0) is 55.2 Å². The van der Waals surface area contributed by atoms with Gasteiger partial charge in [-0.25, -0.2) is 4.98 Å². The number of pyridine rings is 1. The summed E-state index contributed by atoms with van der Waals surface area (Å²) < 4.78 is 0. The van der Waals surface area contributed by atoms with E-state index < -0.39 is 0 Å². The SMILES string of the molecule is Cc1ccc(Nc2ccc(NC(=O)CC(C)C)cn2)cc1C. The number of rotatable bonds is 5. The molecule has 0 radical (unpaired) electrons. The zero-order chi connectivity index (χ0) is 16.1. The van der Waals surface area contributed by atoms with Gasteiger partial charge in [0.2, 0.25) is 5.91 Å². The molecule has 0 spiro atoms. The minimum absolute atomic E-state index is 0.0201. The van der Waals surface area contributed by atoms with Crippen molar-refractivity contribution in [3.05, 3.63) is 47.7 Å². The number of carbonyl (C=O) groups is 1. The highest BCUT2D eigenvalue weighted by Gasteiger charge is 2.05. The van der Waals surface area contributed by atoms with Gasteiger partial charge < -0.3 is 10.6 Å². The van der Waals surface area contributed by atoms with Crippen LogP contribution in [0.3, 0.4) is 0 Å². The fraction of sp³-hybridized carbons (Fsp3) is 0.333. The third-order valence-electron chi connectivity index (χ3n) is 3.42. The second-order valence-electron chi connectivity index (χ2n) is 6.00. The average Bonchev–Trinajstić information content (AvgIpc) is 2.44. The van der Waals surface area contributed by atoms with E-state index in [0.717, 1.165) is 17.2 Å². The van der Waals surface area contributed by atoms with Crippen molar-refractivity contribution in [3.8, 4) is 0 Å². The molecule has 2 N–H and O–H groups in total. The Morgan fingerprint density at radius 2 is 1.82 bits per heavy atom. The summed E-state index contributed by atoms with van der Waals surface area (Å²) in [6.45, 7) is 8.22. The smallest absolute Gasteiger partial charge is 0.224 e.